The van der Waals surface area contributed by atoms with E-state index in [9.17, 15) is 18.0 Å². The van der Waals surface area contributed by atoms with Crippen LogP contribution < -0.4 is 11.1 Å². The van der Waals surface area contributed by atoms with E-state index in [0.717, 1.165) is 6.07 Å². The molecule has 0 radical (unpaired) electrons. The van der Waals surface area contributed by atoms with Crippen LogP contribution in [0.15, 0.2) is 36.4 Å². The third-order valence-electron chi connectivity index (χ3n) is 3.23. The van der Waals surface area contributed by atoms with Gasteiger partial charge in [0, 0.05) is 12.6 Å². The van der Waals surface area contributed by atoms with Crippen LogP contribution in [0.25, 0.3) is 0 Å². The number of nitrogens with one attached hydrogen (secondary N) is 1. The largest absolute Gasteiger partial charge is 0.416 e. The van der Waals surface area contributed by atoms with E-state index < -0.39 is 11.7 Å². The lowest BCUT2D eigenvalue weighted by molar-refractivity contribution is -0.138. The number of carbonyl (C=O) groups excluding carboxylic acids is 1. The molecule has 3 N–H and O–H groups in total. The average Bonchev–Trinajstić information content (AvgIpc) is 2.82. The molecule has 0 fully saturated rings. The van der Waals surface area contributed by atoms with E-state index in [2.05, 4.69) is 5.32 Å². The number of benzene rings is 1. The Labute approximate surface area is 114 Å². The minimum atomic E-state index is -4.42. The molecule has 0 saturated heterocycles. The van der Waals surface area contributed by atoms with Gasteiger partial charge in [0.1, 0.15) is 0 Å². The first-order valence-corrected chi connectivity index (χ1v) is 6.24. The predicted octanol–water partition coefficient (Wildman–Crippen LogP) is 2.22. The van der Waals surface area contributed by atoms with E-state index in [1.165, 1.54) is 18.2 Å². The van der Waals surface area contributed by atoms with Crippen molar-refractivity contribution >= 4 is 5.91 Å². The standard InChI is InChI=1S/C14H15F3N2O/c15-14(16,17)12-4-2-1-3-10(12)8-19-13(20)9-5-6-11(18)7-9/h1-6,9,11H,7-8,18H2,(H,19,20). The number of nitrogens with two attached hydrogens (primary N) is 1. The van der Waals surface area contributed by atoms with E-state index >= 15 is 0 Å². The first-order chi connectivity index (χ1) is 9.38. The molecule has 108 valence electrons. The van der Waals surface area contributed by atoms with Crippen LogP contribution in [0.3, 0.4) is 0 Å². The van der Waals surface area contributed by atoms with E-state index in [0.29, 0.717) is 6.42 Å². The zero-order chi connectivity index (χ0) is 14.8. The summed E-state index contributed by atoms with van der Waals surface area (Å²) in [6.07, 6.45) is -0.507. The number of hydrogen-bond donors (Lipinski definition) is 2. The summed E-state index contributed by atoms with van der Waals surface area (Å²) in [6, 6.07) is 5.05. The Morgan fingerprint density at radius 1 is 1.30 bits per heavy atom. The number of amides is 1. The summed E-state index contributed by atoms with van der Waals surface area (Å²) >= 11 is 0. The molecule has 0 bridgehead atoms. The number of carbonyl (C=O) groups is 1. The fourth-order valence-electron chi connectivity index (χ4n) is 2.19. The third kappa shape index (κ3) is 3.39. The predicted molar refractivity (Wildman–Crippen MR) is 68.5 cm³/mol. The lowest BCUT2D eigenvalue weighted by Crippen LogP contribution is -2.31. The Bertz CT molecular complexity index is 525. The van der Waals surface area contributed by atoms with Crippen molar-refractivity contribution in [3.8, 4) is 0 Å². The zero-order valence-electron chi connectivity index (χ0n) is 10.7. The first-order valence-electron chi connectivity index (χ1n) is 6.24. The molecule has 0 saturated carbocycles. The highest BCUT2D eigenvalue weighted by Crippen LogP contribution is 2.31. The van der Waals surface area contributed by atoms with Crippen LogP contribution >= 0.6 is 0 Å². The average molecular weight is 284 g/mol. The van der Waals surface area contributed by atoms with Gasteiger partial charge in [0.25, 0.3) is 0 Å². The summed E-state index contributed by atoms with van der Waals surface area (Å²) in [5, 5.41) is 2.53. The second-order valence-corrected chi connectivity index (χ2v) is 4.76. The highest BCUT2D eigenvalue weighted by atomic mass is 19.4. The lowest BCUT2D eigenvalue weighted by atomic mass is 10.1. The van der Waals surface area contributed by atoms with Gasteiger partial charge in [-0.05, 0) is 18.1 Å². The van der Waals surface area contributed by atoms with Crippen molar-refractivity contribution in [2.75, 3.05) is 0 Å². The number of halogens is 3. The van der Waals surface area contributed by atoms with Gasteiger partial charge in [0.05, 0.1) is 11.5 Å². The number of hydrogen-bond acceptors (Lipinski definition) is 2. The minimum Gasteiger partial charge on any atom is -0.351 e. The SMILES string of the molecule is NC1C=CC(C(=O)NCc2ccccc2C(F)(F)F)C1. The highest BCUT2D eigenvalue weighted by molar-refractivity contribution is 5.81. The molecule has 6 heteroatoms. The molecule has 0 aliphatic heterocycles. The Morgan fingerprint density at radius 2 is 2.00 bits per heavy atom. The molecule has 2 atom stereocenters. The molecule has 2 unspecified atom stereocenters. The van der Waals surface area contributed by atoms with Gasteiger partial charge in [-0.2, -0.15) is 13.2 Å². The second kappa shape index (κ2) is 5.66. The maximum absolute atomic E-state index is 12.8. The van der Waals surface area contributed by atoms with E-state index in [4.69, 9.17) is 5.73 Å². The van der Waals surface area contributed by atoms with Crippen LogP contribution in [0.2, 0.25) is 0 Å². The molecule has 1 aliphatic rings. The van der Waals surface area contributed by atoms with Crippen molar-refractivity contribution in [3.05, 3.63) is 47.5 Å². The van der Waals surface area contributed by atoms with Gasteiger partial charge in [-0.3, -0.25) is 4.79 Å². The monoisotopic (exact) mass is 284 g/mol. The molecule has 1 aromatic rings. The van der Waals surface area contributed by atoms with Crippen molar-refractivity contribution in [1.82, 2.24) is 5.32 Å². The lowest BCUT2D eigenvalue weighted by Gasteiger charge is -2.14. The number of alkyl halides is 3. The Kier molecular flexibility index (Phi) is 4.13. The highest BCUT2D eigenvalue weighted by Gasteiger charge is 2.33. The smallest absolute Gasteiger partial charge is 0.351 e. The van der Waals surface area contributed by atoms with Crippen LogP contribution in [-0.4, -0.2) is 11.9 Å². The molecule has 3 nitrogen and oxygen atoms in total. The Balaban J connectivity index is 2.01. The minimum absolute atomic E-state index is 0.0552. The van der Waals surface area contributed by atoms with Gasteiger partial charge in [0.15, 0.2) is 0 Å². The molecule has 2 rings (SSSR count). The zero-order valence-corrected chi connectivity index (χ0v) is 10.7. The van der Waals surface area contributed by atoms with E-state index in [1.54, 1.807) is 12.2 Å². The van der Waals surface area contributed by atoms with E-state index in [-0.39, 0.29) is 30.0 Å². The summed E-state index contributed by atoms with van der Waals surface area (Å²) in [5.41, 5.74) is 4.97. The topological polar surface area (TPSA) is 55.1 Å². The van der Waals surface area contributed by atoms with E-state index in [1.807, 2.05) is 0 Å². The molecule has 1 amide bonds. The van der Waals surface area contributed by atoms with Crippen molar-refractivity contribution < 1.29 is 18.0 Å². The first kappa shape index (κ1) is 14.6. The fraction of sp³-hybridized carbons (Fsp3) is 0.357. The summed E-state index contributed by atoms with van der Waals surface area (Å²) in [5.74, 6) is -0.658. The normalized spacial score (nSPS) is 22.0. The van der Waals surface area contributed by atoms with Crippen molar-refractivity contribution in [3.63, 3.8) is 0 Å². The van der Waals surface area contributed by atoms with Crippen molar-refractivity contribution in [2.24, 2.45) is 11.7 Å². The van der Waals surface area contributed by atoms with Gasteiger partial charge in [-0.15, -0.1) is 0 Å². The molecule has 0 aromatic heterocycles. The van der Waals surface area contributed by atoms with Crippen LogP contribution in [-0.2, 0) is 17.5 Å². The summed E-state index contributed by atoms with van der Waals surface area (Å²) in [7, 11) is 0. The van der Waals surface area contributed by atoms with Gasteiger partial charge >= 0.3 is 6.18 Å². The quantitative estimate of drug-likeness (QED) is 0.836. The van der Waals surface area contributed by atoms with Crippen LogP contribution in [0, 0.1) is 5.92 Å². The van der Waals surface area contributed by atoms with Gasteiger partial charge in [-0.25, -0.2) is 0 Å². The van der Waals surface area contributed by atoms with Crippen molar-refractivity contribution in [1.29, 1.82) is 0 Å². The van der Waals surface area contributed by atoms with Gasteiger partial charge in [-0.1, -0.05) is 30.4 Å². The van der Waals surface area contributed by atoms with Gasteiger partial charge < -0.3 is 11.1 Å². The maximum Gasteiger partial charge on any atom is 0.416 e. The molecular weight excluding hydrogens is 269 g/mol. The van der Waals surface area contributed by atoms with Gasteiger partial charge in [0.2, 0.25) is 5.91 Å². The number of rotatable bonds is 3. The van der Waals surface area contributed by atoms with Crippen LogP contribution in [0.1, 0.15) is 17.5 Å². The van der Waals surface area contributed by atoms with Crippen LogP contribution in [0.5, 0.6) is 0 Å². The summed E-state index contributed by atoms with van der Waals surface area (Å²) in [6.45, 7) is -0.145. The summed E-state index contributed by atoms with van der Waals surface area (Å²) < 4.78 is 38.4. The van der Waals surface area contributed by atoms with Crippen molar-refractivity contribution in [2.45, 2.75) is 25.2 Å². The van der Waals surface area contributed by atoms with Crippen LogP contribution in [0.4, 0.5) is 13.2 Å². The Hall–Kier alpha value is -1.82. The fourth-order valence-corrected chi connectivity index (χ4v) is 2.19. The Morgan fingerprint density at radius 3 is 2.60 bits per heavy atom. The molecular formula is C14H15F3N2O. The maximum atomic E-state index is 12.8. The second-order valence-electron chi connectivity index (χ2n) is 4.76. The molecule has 1 aliphatic carbocycles. The molecule has 20 heavy (non-hydrogen) atoms. The molecule has 0 spiro atoms. The summed E-state index contributed by atoms with van der Waals surface area (Å²) in [4.78, 5) is 11.8. The molecule has 1 aromatic carbocycles. The molecule has 0 heterocycles. The third-order valence-corrected chi connectivity index (χ3v) is 3.23.